The van der Waals surface area contributed by atoms with Gasteiger partial charge in [-0.25, -0.2) is 0 Å². The third kappa shape index (κ3) is 2.91. The van der Waals surface area contributed by atoms with E-state index in [1.54, 1.807) is 6.92 Å². The van der Waals surface area contributed by atoms with Crippen molar-refractivity contribution < 1.29 is 9.53 Å². The lowest BCUT2D eigenvalue weighted by atomic mass is 9.43. The molecule has 0 radical (unpaired) electrons. The van der Waals surface area contributed by atoms with Gasteiger partial charge in [-0.05, 0) is 130 Å². The van der Waals surface area contributed by atoms with Crippen LogP contribution in [0, 0.1) is 45.3 Å². The van der Waals surface area contributed by atoms with Crippen molar-refractivity contribution in [3.05, 3.63) is 11.6 Å². The highest BCUT2D eigenvalue weighted by molar-refractivity contribution is 5.66. The summed E-state index contributed by atoms with van der Waals surface area (Å²) in [6, 6.07) is 0. The lowest BCUT2D eigenvalue weighted by molar-refractivity contribution is -0.156. The highest BCUT2D eigenvalue weighted by Crippen LogP contribution is 2.87. The Bertz CT molecular complexity index is 780. The molecule has 0 heterocycles. The molecule has 0 N–H and O–H groups in total. The summed E-state index contributed by atoms with van der Waals surface area (Å²) >= 11 is 0. The summed E-state index contributed by atoms with van der Waals surface area (Å²) in [6.07, 6.45) is 17.6. The molecule has 5 rings (SSSR count). The van der Waals surface area contributed by atoms with Gasteiger partial charge in [0.15, 0.2) is 0 Å². The minimum Gasteiger partial charge on any atom is -0.463 e. The van der Waals surface area contributed by atoms with Crippen LogP contribution in [-0.2, 0) is 9.53 Å². The number of carbonyl (C=O) groups excluding carboxylic acids is 1. The van der Waals surface area contributed by atoms with Gasteiger partial charge >= 0.3 is 5.97 Å². The van der Waals surface area contributed by atoms with E-state index >= 15 is 0 Å². The molecule has 0 bridgehead atoms. The van der Waals surface area contributed by atoms with Crippen LogP contribution in [0.1, 0.15) is 112 Å². The molecular formula is C29H46O2. The van der Waals surface area contributed by atoms with Crippen molar-refractivity contribution in [3.63, 3.8) is 0 Å². The molecule has 2 spiro atoms. The standard InChI is InChI=1S/C29H46O2/c1-19(2)7-8-20(3)24-12-13-27(6)25-10-9-22-17-23(31-21(4)30)11-14-28(22)18-29(25,28)16-15-26(24,27)5/h7,20,22-25H,8-18H2,1-6H3/t20-,22-,23+,24-,25+,26-,27+,28-,29+/m1/s1. The molecule has 0 aromatic heterocycles. The molecule has 5 aliphatic rings. The van der Waals surface area contributed by atoms with Gasteiger partial charge in [0.1, 0.15) is 6.10 Å². The van der Waals surface area contributed by atoms with E-state index in [2.05, 4.69) is 40.7 Å². The Morgan fingerprint density at radius 2 is 1.74 bits per heavy atom. The maximum absolute atomic E-state index is 11.5. The van der Waals surface area contributed by atoms with Crippen molar-refractivity contribution in [1.29, 1.82) is 0 Å². The van der Waals surface area contributed by atoms with Crippen molar-refractivity contribution in [1.82, 2.24) is 0 Å². The topological polar surface area (TPSA) is 26.3 Å². The fourth-order valence-corrected chi connectivity index (χ4v) is 10.5. The summed E-state index contributed by atoms with van der Waals surface area (Å²) in [4.78, 5) is 11.5. The summed E-state index contributed by atoms with van der Waals surface area (Å²) in [7, 11) is 0. The van der Waals surface area contributed by atoms with Gasteiger partial charge in [0.2, 0.25) is 0 Å². The van der Waals surface area contributed by atoms with Crippen LogP contribution in [-0.4, -0.2) is 12.1 Å². The first-order valence-corrected chi connectivity index (χ1v) is 13.4. The van der Waals surface area contributed by atoms with Crippen molar-refractivity contribution in [2.24, 2.45) is 45.3 Å². The summed E-state index contributed by atoms with van der Waals surface area (Å²) in [5.41, 5.74) is 3.74. The number of hydrogen-bond acceptors (Lipinski definition) is 2. The van der Waals surface area contributed by atoms with Gasteiger partial charge in [-0.15, -0.1) is 0 Å². The molecule has 5 aliphatic carbocycles. The van der Waals surface area contributed by atoms with Crippen LogP contribution < -0.4 is 0 Å². The number of fused-ring (bicyclic) bond motifs is 2. The molecule has 0 aliphatic heterocycles. The number of carbonyl (C=O) groups is 1. The Morgan fingerprint density at radius 3 is 2.45 bits per heavy atom. The Labute approximate surface area is 191 Å². The molecule has 5 saturated carbocycles. The minimum atomic E-state index is -0.0830. The molecular weight excluding hydrogens is 380 g/mol. The summed E-state index contributed by atoms with van der Waals surface area (Å²) in [5.74, 6) is 3.35. The fraction of sp³-hybridized carbons (Fsp3) is 0.897. The zero-order valence-electron chi connectivity index (χ0n) is 21.1. The molecule has 0 aromatic rings. The van der Waals surface area contributed by atoms with Gasteiger partial charge in [0.05, 0.1) is 0 Å². The van der Waals surface area contributed by atoms with Crippen LogP contribution in [0.3, 0.4) is 0 Å². The van der Waals surface area contributed by atoms with Gasteiger partial charge in [0.25, 0.3) is 0 Å². The normalized spacial score (nSPS) is 50.9. The molecule has 5 fully saturated rings. The third-order valence-corrected chi connectivity index (χ3v) is 12.1. The van der Waals surface area contributed by atoms with E-state index in [0.29, 0.717) is 21.7 Å². The zero-order valence-corrected chi connectivity index (χ0v) is 21.1. The largest absolute Gasteiger partial charge is 0.463 e. The summed E-state index contributed by atoms with van der Waals surface area (Å²) in [6.45, 7) is 14.0. The van der Waals surface area contributed by atoms with Crippen molar-refractivity contribution >= 4 is 5.97 Å². The van der Waals surface area contributed by atoms with Crippen LogP contribution in [0.2, 0.25) is 0 Å². The predicted molar refractivity (Wildman–Crippen MR) is 126 cm³/mol. The van der Waals surface area contributed by atoms with Crippen LogP contribution >= 0.6 is 0 Å². The maximum atomic E-state index is 11.5. The van der Waals surface area contributed by atoms with E-state index < -0.39 is 0 Å². The van der Waals surface area contributed by atoms with Crippen LogP contribution in [0.4, 0.5) is 0 Å². The zero-order chi connectivity index (χ0) is 22.2. The first-order chi connectivity index (χ1) is 14.6. The lowest BCUT2D eigenvalue weighted by Crippen LogP contribution is -2.55. The van der Waals surface area contributed by atoms with Crippen LogP contribution in [0.5, 0.6) is 0 Å². The smallest absolute Gasteiger partial charge is 0.302 e. The average molecular weight is 427 g/mol. The summed E-state index contributed by atoms with van der Waals surface area (Å²) < 4.78 is 5.68. The Kier molecular flexibility index (Phi) is 5.05. The van der Waals surface area contributed by atoms with Gasteiger partial charge in [-0.1, -0.05) is 32.4 Å². The Balaban J connectivity index is 1.37. The quantitative estimate of drug-likeness (QED) is 0.340. The van der Waals surface area contributed by atoms with E-state index in [0.717, 1.165) is 36.5 Å². The molecule has 0 saturated heterocycles. The molecule has 2 nitrogen and oxygen atoms in total. The molecule has 0 amide bonds. The number of ether oxygens (including phenoxy) is 1. The van der Waals surface area contributed by atoms with E-state index in [-0.39, 0.29) is 12.1 Å². The van der Waals surface area contributed by atoms with E-state index in [1.165, 1.54) is 63.4 Å². The first kappa shape index (κ1) is 22.0. The molecule has 174 valence electrons. The fourth-order valence-electron chi connectivity index (χ4n) is 10.5. The number of esters is 1. The van der Waals surface area contributed by atoms with E-state index in [4.69, 9.17) is 4.74 Å². The molecule has 2 heteroatoms. The third-order valence-electron chi connectivity index (χ3n) is 12.1. The molecule has 9 atom stereocenters. The van der Waals surface area contributed by atoms with Gasteiger partial charge in [0, 0.05) is 6.92 Å². The molecule has 0 aromatic carbocycles. The van der Waals surface area contributed by atoms with Crippen molar-refractivity contribution in [2.45, 2.75) is 118 Å². The monoisotopic (exact) mass is 426 g/mol. The molecule has 31 heavy (non-hydrogen) atoms. The minimum absolute atomic E-state index is 0.0830. The van der Waals surface area contributed by atoms with E-state index in [1.807, 2.05) is 0 Å². The Morgan fingerprint density at radius 1 is 0.968 bits per heavy atom. The average Bonchev–Trinajstić information content (AvgIpc) is 3.28. The highest BCUT2D eigenvalue weighted by Gasteiger charge is 2.80. The van der Waals surface area contributed by atoms with E-state index in [9.17, 15) is 4.79 Å². The number of allylic oxidation sites excluding steroid dienone is 2. The number of rotatable bonds is 4. The van der Waals surface area contributed by atoms with Gasteiger partial charge < -0.3 is 4.74 Å². The second-order valence-electron chi connectivity index (χ2n) is 13.3. The van der Waals surface area contributed by atoms with Crippen LogP contribution in [0.25, 0.3) is 0 Å². The SMILES string of the molecule is CC(=O)O[C@H]1CC[C@]23C[C@]24CC[C@]2(C)[C@@H]([C@H](C)CC=C(C)C)CC[C@@]2(C)[C@@H]4CC[C@@H]3C1. The Hall–Kier alpha value is -0.790. The molecule has 0 unspecified atom stereocenters. The summed E-state index contributed by atoms with van der Waals surface area (Å²) in [5, 5.41) is 0. The maximum Gasteiger partial charge on any atom is 0.302 e. The van der Waals surface area contributed by atoms with Gasteiger partial charge in [-0.3, -0.25) is 4.79 Å². The van der Waals surface area contributed by atoms with Gasteiger partial charge in [-0.2, -0.15) is 0 Å². The number of hydrogen-bond donors (Lipinski definition) is 0. The second kappa shape index (κ2) is 7.10. The highest BCUT2D eigenvalue weighted by atomic mass is 16.5. The second-order valence-corrected chi connectivity index (χ2v) is 13.3. The van der Waals surface area contributed by atoms with Crippen molar-refractivity contribution in [3.8, 4) is 0 Å². The van der Waals surface area contributed by atoms with Crippen LogP contribution in [0.15, 0.2) is 11.6 Å². The lowest BCUT2D eigenvalue weighted by Gasteiger charge is -2.61. The predicted octanol–water partition coefficient (Wildman–Crippen LogP) is 7.71. The van der Waals surface area contributed by atoms with Crippen molar-refractivity contribution in [2.75, 3.05) is 0 Å². The first-order valence-electron chi connectivity index (χ1n) is 13.4.